The Labute approximate surface area is 136 Å². The van der Waals surface area contributed by atoms with Gasteiger partial charge in [-0.2, -0.15) is 0 Å². The number of rotatable bonds is 5. The second kappa shape index (κ2) is 6.30. The van der Waals surface area contributed by atoms with E-state index in [4.69, 9.17) is 15.5 Å². The predicted octanol–water partition coefficient (Wildman–Crippen LogP) is 3.04. The molecule has 0 saturated carbocycles. The highest BCUT2D eigenvalue weighted by atomic mass is 16.5. The van der Waals surface area contributed by atoms with Crippen LogP contribution in [0.1, 0.15) is 12.6 Å². The van der Waals surface area contributed by atoms with Crippen LogP contribution in [0.4, 0.5) is 5.69 Å². The number of nitrogen functional groups attached to an aromatic ring is 1. The Morgan fingerprint density at radius 3 is 2.52 bits per heavy atom. The number of aromatic nitrogens is 2. The third kappa shape index (κ3) is 3.14. The molecule has 5 heteroatoms. The van der Waals surface area contributed by atoms with Crippen molar-refractivity contribution in [3.63, 3.8) is 0 Å². The molecule has 0 amide bonds. The monoisotopic (exact) mass is 310 g/mol. The van der Waals surface area contributed by atoms with Crippen molar-refractivity contribution < 1.29 is 4.74 Å². The van der Waals surface area contributed by atoms with Crippen LogP contribution in [0, 0.1) is 0 Å². The van der Waals surface area contributed by atoms with Gasteiger partial charge in [-0.05, 0) is 57.4 Å². The molecule has 0 aliphatic carbocycles. The summed E-state index contributed by atoms with van der Waals surface area (Å²) in [5.74, 6) is 0.874. The zero-order valence-corrected chi connectivity index (χ0v) is 13.8. The molecule has 3 rings (SSSR count). The Bertz CT molecular complexity index is 806. The lowest BCUT2D eigenvalue weighted by atomic mass is 10.1. The molecule has 1 aromatic carbocycles. The maximum atomic E-state index is 5.95. The molecule has 0 radical (unpaired) electrons. The molecule has 0 fully saturated rings. The Balaban J connectivity index is 2.11. The summed E-state index contributed by atoms with van der Waals surface area (Å²) < 4.78 is 7.59. The zero-order valence-electron chi connectivity index (χ0n) is 13.8. The normalized spacial score (nSPS) is 11.3. The number of nitrogens with two attached hydrogens (primary N) is 1. The second-order valence-electron chi connectivity index (χ2n) is 5.79. The van der Waals surface area contributed by atoms with Gasteiger partial charge in [-0.15, -0.1) is 0 Å². The predicted molar refractivity (Wildman–Crippen MR) is 93.6 cm³/mol. The smallest absolute Gasteiger partial charge is 0.137 e. The van der Waals surface area contributed by atoms with E-state index in [-0.39, 0.29) is 0 Å². The summed E-state index contributed by atoms with van der Waals surface area (Å²) in [5.41, 5.74) is 10.8. The Morgan fingerprint density at radius 2 is 1.87 bits per heavy atom. The molecular formula is C18H22N4O. The molecule has 0 spiro atoms. The lowest BCUT2D eigenvalue weighted by Gasteiger charge is -2.12. The van der Waals surface area contributed by atoms with Crippen molar-refractivity contribution in [1.29, 1.82) is 0 Å². The fourth-order valence-corrected chi connectivity index (χ4v) is 2.67. The topological polar surface area (TPSA) is 55.8 Å². The molecule has 3 aromatic rings. The largest absolute Gasteiger partial charge is 0.494 e. The minimum atomic E-state index is 0.666. The van der Waals surface area contributed by atoms with Gasteiger partial charge in [-0.25, -0.2) is 4.98 Å². The van der Waals surface area contributed by atoms with E-state index in [0.29, 0.717) is 6.61 Å². The van der Waals surface area contributed by atoms with E-state index >= 15 is 0 Å². The van der Waals surface area contributed by atoms with Gasteiger partial charge in [0.15, 0.2) is 0 Å². The molecule has 0 saturated heterocycles. The number of benzene rings is 1. The molecule has 120 valence electrons. The summed E-state index contributed by atoms with van der Waals surface area (Å²) in [6.45, 7) is 3.43. The lowest BCUT2D eigenvalue weighted by Crippen LogP contribution is -2.13. The number of hydrogen-bond donors (Lipinski definition) is 1. The van der Waals surface area contributed by atoms with Crippen LogP contribution in [0.15, 0.2) is 42.6 Å². The van der Waals surface area contributed by atoms with Gasteiger partial charge in [0.2, 0.25) is 0 Å². The van der Waals surface area contributed by atoms with Crippen LogP contribution in [0.3, 0.4) is 0 Å². The van der Waals surface area contributed by atoms with E-state index < -0.39 is 0 Å². The van der Waals surface area contributed by atoms with Crippen LogP contribution in [0.2, 0.25) is 0 Å². The SMILES string of the molecule is CCOc1ccc(-c2nc3ccc(N)cn3c2CN(C)C)cc1. The van der Waals surface area contributed by atoms with E-state index in [1.165, 1.54) is 0 Å². The average Bonchev–Trinajstić information content (AvgIpc) is 2.86. The molecule has 5 nitrogen and oxygen atoms in total. The van der Waals surface area contributed by atoms with Gasteiger partial charge in [-0.3, -0.25) is 0 Å². The summed E-state index contributed by atoms with van der Waals surface area (Å²) in [6, 6.07) is 11.9. The van der Waals surface area contributed by atoms with Crippen LogP contribution in [-0.4, -0.2) is 35.0 Å². The third-order valence-corrected chi connectivity index (χ3v) is 3.65. The number of hydrogen-bond acceptors (Lipinski definition) is 4. The van der Waals surface area contributed by atoms with Gasteiger partial charge >= 0.3 is 0 Å². The fourth-order valence-electron chi connectivity index (χ4n) is 2.67. The molecule has 0 aliphatic rings. The van der Waals surface area contributed by atoms with Gasteiger partial charge in [-0.1, -0.05) is 0 Å². The van der Waals surface area contributed by atoms with Gasteiger partial charge in [0.25, 0.3) is 0 Å². The molecule has 0 atom stereocenters. The van der Waals surface area contributed by atoms with E-state index in [0.717, 1.165) is 40.6 Å². The number of nitrogens with zero attached hydrogens (tertiary/aromatic N) is 3. The maximum Gasteiger partial charge on any atom is 0.137 e. The summed E-state index contributed by atoms with van der Waals surface area (Å²) >= 11 is 0. The fraction of sp³-hybridized carbons (Fsp3) is 0.278. The van der Waals surface area contributed by atoms with E-state index in [1.807, 2.05) is 51.5 Å². The maximum absolute atomic E-state index is 5.95. The first-order valence-electron chi connectivity index (χ1n) is 7.73. The molecule has 0 bridgehead atoms. The van der Waals surface area contributed by atoms with Crippen molar-refractivity contribution >= 4 is 11.3 Å². The highest BCUT2D eigenvalue weighted by molar-refractivity contribution is 5.68. The van der Waals surface area contributed by atoms with Crippen molar-refractivity contribution in [2.45, 2.75) is 13.5 Å². The quantitative estimate of drug-likeness (QED) is 0.787. The lowest BCUT2D eigenvalue weighted by molar-refractivity contribution is 0.340. The zero-order chi connectivity index (χ0) is 16.4. The van der Waals surface area contributed by atoms with Gasteiger partial charge in [0.05, 0.1) is 18.0 Å². The highest BCUT2D eigenvalue weighted by Crippen LogP contribution is 2.27. The minimum absolute atomic E-state index is 0.666. The average molecular weight is 310 g/mol. The van der Waals surface area contributed by atoms with Crippen LogP contribution < -0.4 is 10.5 Å². The van der Waals surface area contributed by atoms with Crippen molar-refractivity contribution in [2.75, 3.05) is 26.4 Å². The molecule has 2 N–H and O–H groups in total. The van der Waals surface area contributed by atoms with Crippen molar-refractivity contribution in [3.8, 4) is 17.0 Å². The Hall–Kier alpha value is -2.53. The van der Waals surface area contributed by atoms with E-state index in [2.05, 4.69) is 21.4 Å². The number of pyridine rings is 1. The summed E-state index contributed by atoms with van der Waals surface area (Å²) in [7, 11) is 4.10. The van der Waals surface area contributed by atoms with Crippen molar-refractivity contribution in [2.24, 2.45) is 0 Å². The molecule has 23 heavy (non-hydrogen) atoms. The summed E-state index contributed by atoms with van der Waals surface area (Å²) in [6.07, 6.45) is 1.93. The van der Waals surface area contributed by atoms with Crippen LogP contribution in [0.5, 0.6) is 5.75 Å². The van der Waals surface area contributed by atoms with Gasteiger partial charge in [0, 0.05) is 24.0 Å². The van der Waals surface area contributed by atoms with E-state index in [1.54, 1.807) is 0 Å². The molecule has 0 unspecified atom stereocenters. The van der Waals surface area contributed by atoms with E-state index in [9.17, 15) is 0 Å². The van der Waals surface area contributed by atoms with Crippen LogP contribution in [0.25, 0.3) is 16.9 Å². The summed E-state index contributed by atoms with van der Waals surface area (Å²) in [5, 5.41) is 0. The van der Waals surface area contributed by atoms with Crippen molar-refractivity contribution in [3.05, 3.63) is 48.3 Å². The van der Waals surface area contributed by atoms with Gasteiger partial charge in [0.1, 0.15) is 11.4 Å². The number of ether oxygens (including phenoxy) is 1. The first-order chi connectivity index (χ1) is 11.1. The number of fused-ring (bicyclic) bond motifs is 1. The minimum Gasteiger partial charge on any atom is -0.494 e. The first kappa shape index (κ1) is 15.4. The Kier molecular flexibility index (Phi) is 4.21. The van der Waals surface area contributed by atoms with Crippen LogP contribution >= 0.6 is 0 Å². The standard InChI is InChI=1S/C18H22N4O/c1-4-23-15-8-5-13(6-9-15)18-16(12-21(2)3)22-11-14(19)7-10-17(22)20-18/h5-11H,4,12,19H2,1-3H3. The van der Waals surface area contributed by atoms with Crippen molar-refractivity contribution in [1.82, 2.24) is 14.3 Å². The molecule has 2 heterocycles. The van der Waals surface area contributed by atoms with Crippen LogP contribution in [-0.2, 0) is 6.54 Å². The highest BCUT2D eigenvalue weighted by Gasteiger charge is 2.15. The molecule has 0 aliphatic heterocycles. The first-order valence-corrected chi connectivity index (χ1v) is 7.73. The second-order valence-corrected chi connectivity index (χ2v) is 5.79. The molecular weight excluding hydrogens is 288 g/mol. The summed E-state index contributed by atoms with van der Waals surface area (Å²) in [4.78, 5) is 6.92. The number of imidazole rings is 1. The number of anilines is 1. The molecule has 2 aromatic heterocycles. The Morgan fingerprint density at radius 1 is 1.13 bits per heavy atom. The third-order valence-electron chi connectivity index (χ3n) is 3.65. The van der Waals surface area contributed by atoms with Gasteiger partial charge < -0.3 is 19.8 Å².